The summed E-state index contributed by atoms with van der Waals surface area (Å²) >= 11 is 0. The van der Waals surface area contributed by atoms with Gasteiger partial charge in [0.25, 0.3) is 0 Å². The van der Waals surface area contributed by atoms with Gasteiger partial charge in [-0.3, -0.25) is 4.79 Å². The van der Waals surface area contributed by atoms with Gasteiger partial charge in [-0.2, -0.15) is 4.98 Å². The molecule has 0 aliphatic carbocycles. The number of carbonyl (C=O) groups is 1. The van der Waals surface area contributed by atoms with Crippen LogP contribution in [0, 0.1) is 5.82 Å². The van der Waals surface area contributed by atoms with E-state index in [-0.39, 0.29) is 5.91 Å². The number of anilines is 1. The van der Waals surface area contributed by atoms with E-state index in [9.17, 15) is 9.18 Å². The number of pyridine rings is 1. The van der Waals surface area contributed by atoms with Crippen molar-refractivity contribution in [1.82, 2.24) is 19.5 Å². The average Bonchev–Trinajstić information content (AvgIpc) is 2.68. The molecule has 2 aromatic rings. The summed E-state index contributed by atoms with van der Waals surface area (Å²) in [5.74, 6) is -0.181. The third-order valence-electron chi connectivity index (χ3n) is 2.45. The van der Waals surface area contributed by atoms with Crippen LogP contribution in [0.25, 0.3) is 5.65 Å². The van der Waals surface area contributed by atoms with E-state index in [4.69, 9.17) is 0 Å². The van der Waals surface area contributed by atoms with Gasteiger partial charge in [0.05, 0.1) is 6.20 Å². The molecule has 1 atom stereocenters. The predicted molar refractivity (Wildman–Crippen MR) is 64.7 cm³/mol. The Labute approximate surface area is 103 Å². The Kier molecular flexibility index (Phi) is 3.14. The van der Waals surface area contributed by atoms with Gasteiger partial charge < -0.3 is 10.2 Å². The first-order valence-electron chi connectivity index (χ1n) is 5.47. The summed E-state index contributed by atoms with van der Waals surface area (Å²) in [5.41, 5.74) is 0.517. The maximum absolute atomic E-state index is 13.0. The molecular formula is C11H14FN5O. The summed E-state index contributed by atoms with van der Waals surface area (Å²) in [6, 6.07) is 2.39. The first kappa shape index (κ1) is 12.3. The fraction of sp³-hybridized carbons (Fsp3) is 0.364. The van der Waals surface area contributed by atoms with Crippen LogP contribution < -0.4 is 5.32 Å². The highest BCUT2D eigenvalue weighted by atomic mass is 19.1. The molecule has 1 amide bonds. The van der Waals surface area contributed by atoms with E-state index >= 15 is 0 Å². The molecule has 96 valence electrons. The SMILES string of the molecule is CC(Nc1nc2ccc(F)cn2n1)C(=O)N(C)C. The highest BCUT2D eigenvalue weighted by molar-refractivity contribution is 5.83. The summed E-state index contributed by atoms with van der Waals surface area (Å²) in [6.07, 6.45) is 1.23. The molecule has 2 heterocycles. The minimum absolute atomic E-state index is 0.0833. The van der Waals surface area contributed by atoms with E-state index in [0.29, 0.717) is 11.6 Å². The number of hydrogen-bond acceptors (Lipinski definition) is 4. The Morgan fingerprint density at radius 2 is 2.22 bits per heavy atom. The number of nitrogens with zero attached hydrogens (tertiary/aromatic N) is 4. The van der Waals surface area contributed by atoms with Crippen molar-refractivity contribution in [2.45, 2.75) is 13.0 Å². The second-order valence-electron chi connectivity index (χ2n) is 4.18. The highest BCUT2D eigenvalue weighted by Gasteiger charge is 2.16. The zero-order valence-electron chi connectivity index (χ0n) is 10.4. The van der Waals surface area contributed by atoms with Gasteiger partial charge in [0.1, 0.15) is 11.9 Å². The van der Waals surface area contributed by atoms with Gasteiger partial charge in [-0.05, 0) is 19.1 Å². The molecule has 2 rings (SSSR count). The Morgan fingerprint density at radius 3 is 2.89 bits per heavy atom. The van der Waals surface area contributed by atoms with E-state index in [1.54, 1.807) is 21.0 Å². The minimum Gasteiger partial charge on any atom is -0.347 e. The molecule has 0 fully saturated rings. The number of carbonyl (C=O) groups excluding carboxylic acids is 1. The standard InChI is InChI=1S/C11H14FN5O/c1-7(10(18)16(2)3)13-11-14-9-5-4-8(12)6-17(9)15-11/h4-7H,1-3H3,(H,13,15). The van der Waals surface area contributed by atoms with E-state index in [2.05, 4.69) is 15.4 Å². The first-order valence-corrected chi connectivity index (χ1v) is 5.47. The van der Waals surface area contributed by atoms with E-state index in [1.807, 2.05) is 0 Å². The molecule has 0 bridgehead atoms. The second-order valence-corrected chi connectivity index (χ2v) is 4.18. The van der Waals surface area contributed by atoms with Crippen molar-refractivity contribution in [2.75, 3.05) is 19.4 Å². The Bertz CT molecular complexity index is 580. The molecule has 6 nitrogen and oxygen atoms in total. The zero-order valence-corrected chi connectivity index (χ0v) is 10.4. The third-order valence-corrected chi connectivity index (χ3v) is 2.45. The molecule has 0 radical (unpaired) electrons. The van der Waals surface area contributed by atoms with Crippen LogP contribution in [-0.4, -0.2) is 45.5 Å². The van der Waals surface area contributed by atoms with Gasteiger partial charge in [0, 0.05) is 14.1 Å². The largest absolute Gasteiger partial charge is 0.347 e. The number of hydrogen-bond donors (Lipinski definition) is 1. The normalized spacial score (nSPS) is 12.4. The van der Waals surface area contributed by atoms with Crippen LogP contribution in [0.2, 0.25) is 0 Å². The number of amides is 1. The second kappa shape index (κ2) is 4.59. The fourth-order valence-corrected chi connectivity index (χ4v) is 1.56. The molecule has 0 aliphatic heterocycles. The van der Waals surface area contributed by atoms with Crippen LogP contribution in [0.4, 0.5) is 10.3 Å². The van der Waals surface area contributed by atoms with Crippen molar-refractivity contribution in [3.05, 3.63) is 24.1 Å². The quantitative estimate of drug-likeness (QED) is 0.874. The first-order chi connectivity index (χ1) is 8.47. The Hall–Kier alpha value is -2.18. The van der Waals surface area contributed by atoms with Gasteiger partial charge in [0.2, 0.25) is 11.9 Å². The Morgan fingerprint density at radius 1 is 1.50 bits per heavy atom. The van der Waals surface area contributed by atoms with Crippen molar-refractivity contribution in [2.24, 2.45) is 0 Å². The summed E-state index contributed by atoms with van der Waals surface area (Å²) in [5, 5.41) is 6.91. The summed E-state index contributed by atoms with van der Waals surface area (Å²) < 4.78 is 14.3. The summed E-state index contributed by atoms with van der Waals surface area (Å²) in [7, 11) is 3.35. The van der Waals surface area contributed by atoms with Gasteiger partial charge in [-0.15, -0.1) is 5.10 Å². The molecule has 0 saturated heterocycles. The van der Waals surface area contributed by atoms with Crippen molar-refractivity contribution < 1.29 is 9.18 Å². The van der Waals surface area contributed by atoms with Crippen molar-refractivity contribution in [1.29, 1.82) is 0 Å². The van der Waals surface area contributed by atoms with Crippen LogP contribution in [0.3, 0.4) is 0 Å². The van der Waals surface area contributed by atoms with E-state index < -0.39 is 11.9 Å². The summed E-state index contributed by atoms with van der Waals surface area (Å²) in [4.78, 5) is 17.3. The number of rotatable bonds is 3. The molecule has 0 saturated carbocycles. The molecule has 2 aromatic heterocycles. The molecule has 18 heavy (non-hydrogen) atoms. The molecule has 0 spiro atoms. The lowest BCUT2D eigenvalue weighted by atomic mass is 10.3. The summed E-state index contributed by atoms with van der Waals surface area (Å²) in [6.45, 7) is 1.72. The lowest BCUT2D eigenvalue weighted by molar-refractivity contribution is -0.129. The monoisotopic (exact) mass is 251 g/mol. The van der Waals surface area contributed by atoms with Crippen LogP contribution in [0.1, 0.15) is 6.92 Å². The average molecular weight is 251 g/mol. The maximum Gasteiger partial charge on any atom is 0.244 e. The fourth-order valence-electron chi connectivity index (χ4n) is 1.56. The zero-order chi connectivity index (χ0) is 13.3. The number of nitrogens with one attached hydrogen (secondary N) is 1. The molecule has 0 aliphatic rings. The maximum atomic E-state index is 13.0. The molecule has 1 N–H and O–H groups in total. The van der Waals surface area contributed by atoms with Crippen LogP contribution in [-0.2, 0) is 4.79 Å². The van der Waals surface area contributed by atoms with Crippen LogP contribution in [0.5, 0.6) is 0 Å². The van der Waals surface area contributed by atoms with E-state index in [1.165, 1.54) is 27.7 Å². The number of halogens is 1. The number of aromatic nitrogens is 3. The predicted octanol–water partition coefficient (Wildman–Crippen LogP) is 0.757. The van der Waals surface area contributed by atoms with Gasteiger partial charge >= 0.3 is 0 Å². The molecular weight excluding hydrogens is 237 g/mol. The van der Waals surface area contributed by atoms with E-state index in [0.717, 1.165) is 0 Å². The topological polar surface area (TPSA) is 62.5 Å². The smallest absolute Gasteiger partial charge is 0.244 e. The van der Waals surface area contributed by atoms with Crippen molar-refractivity contribution in [3.8, 4) is 0 Å². The number of likely N-dealkylation sites (N-methyl/N-ethyl adjacent to an activating group) is 1. The minimum atomic E-state index is -0.442. The van der Waals surface area contributed by atoms with Gasteiger partial charge in [-0.1, -0.05) is 0 Å². The van der Waals surface area contributed by atoms with Gasteiger partial charge in [-0.25, -0.2) is 8.91 Å². The molecule has 7 heteroatoms. The highest BCUT2D eigenvalue weighted by Crippen LogP contribution is 2.08. The van der Waals surface area contributed by atoms with Crippen molar-refractivity contribution in [3.63, 3.8) is 0 Å². The molecule has 0 aromatic carbocycles. The van der Waals surface area contributed by atoms with Crippen molar-refractivity contribution >= 4 is 17.5 Å². The van der Waals surface area contributed by atoms with Gasteiger partial charge in [0.15, 0.2) is 5.65 Å². The van der Waals surface area contributed by atoms with Crippen LogP contribution >= 0.6 is 0 Å². The lowest BCUT2D eigenvalue weighted by Gasteiger charge is -2.16. The van der Waals surface area contributed by atoms with Crippen LogP contribution in [0.15, 0.2) is 18.3 Å². The third kappa shape index (κ3) is 2.39. The molecule has 1 unspecified atom stereocenters. The number of fused-ring (bicyclic) bond motifs is 1. The lowest BCUT2D eigenvalue weighted by Crippen LogP contribution is -2.36. The Balaban J connectivity index is 2.19.